The van der Waals surface area contributed by atoms with Crippen LogP contribution in [0, 0.1) is 5.41 Å². The maximum atomic E-state index is 13.1. The number of carbonyl (C=O) groups is 2. The zero-order valence-electron chi connectivity index (χ0n) is 18.4. The number of ketones is 1. The summed E-state index contributed by atoms with van der Waals surface area (Å²) >= 11 is 0. The monoisotopic (exact) mass is 413 g/mol. The lowest BCUT2D eigenvalue weighted by Crippen LogP contribution is -2.27. The van der Waals surface area contributed by atoms with Gasteiger partial charge in [0.15, 0.2) is 5.78 Å². The number of phenols is 1. The van der Waals surface area contributed by atoms with Crippen LogP contribution in [0.5, 0.6) is 5.75 Å². The molecule has 162 valence electrons. The maximum Gasteiger partial charge on any atom is 0.338 e. The number of hydrogen-bond acceptors (Lipinski definition) is 6. The minimum absolute atomic E-state index is 0.117. The lowest BCUT2D eigenvalue weighted by molar-refractivity contribution is 0.0135. The van der Waals surface area contributed by atoms with Gasteiger partial charge in [0, 0.05) is 42.9 Å². The van der Waals surface area contributed by atoms with Crippen molar-refractivity contribution < 1.29 is 24.2 Å². The Morgan fingerprint density at radius 2 is 1.60 bits per heavy atom. The van der Waals surface area contributed by atoms with Gasteiger partial charge in [-0.2, -0.15) is 0 Å². The number of carbonyl (C=O) groups excluding carboxylic acids is 2. The largest absolute Gasteiger partial charge is 0.507 e. The lowest BCUT2D eigenvalue weighted by Gasteiger charge is -2.23. The number of methoxy groups -OCH3 is 1. The molecule has 1 N–H and O–H groups in total. The number of phenolic OH excluding ortho intramolecular Hbond substituents is 1. The minimum Gasteiger partial charge on any atom is -0.507 e. The minimum atomic E-state index is -0.581. The van der Waals surface area contributed by atoms with Gasteiger partial charge in [-0.05, 0) is 32.0 Å². The summed E-state index contributed by atoms with van der Waals surface area (Å²) in [5, 5.41) is 10.5. The van der Waals surface area contributed by atoms with Gasteiger partial charge in [0.25, 0.3) is 0 Å². The van der Waals surface area contributed by atoms with E-state index in [1.54, 1.807) is 49.6 Å². The second-order valence-electron chi connectivity index (χ2n) is 7.92. The van der Waals surface area contributed by atoms with Crippen LogP contribution in [0.3, 0.4) is 0 Å². The molecule has 0 bridgehead atoms. The molecular weight excluding hydrogens is 382 g/mol. The molecule has 0 saturated heterocycles. The van der Waals surface area contributed by atoms with Crippen LogP contribution in [0.2, 0.25) is 0 Å². The van der Waals surface area contributed by atoms with Crippen LogP contribution in [-0.4, -0.2) is 50.3 Å². The number of aromatic hydroxyl groups is 1. The summed E-state index contributed by atoms with van der Waals surface area (Å²) in [5.74, 6) is -1.13. The summed E-state index contributed by atoms with van der Waals surface area (Å²) in [6.07, 6.45) is 0. The Morgan fingerprint density at radius 1 is 0.967 bits per heavy atom. The number of hydrogen-bond donors (Lipinski definition) is 1. The van der Waals surface area contributed by atoms with E-state index in [1.165, 1.54) is 0 Å². The number of nitrogens with zero attached hydrogens (tertiary/aromatic N) is 1. The van der Waals surface area contributed by atoms with E-state index >= 15 is 0 Å². The van der Waals surface area contributed by atoms with Crippen molar-refractivity contribution >= 4 is 17.4 Å². The highest BCUT2D eigenvalue weighted by molar-refractivity contribution is 6.15. The summed E-state index contributed by atoms with van der Waals surface area (Å²) in [5.41, 5.74) is 0.996. The molecular formula is C24H31NO5. The van der Waals surface area contributed by atoms with E-state index in [2.05, 4.69) is 4.90 Å². The Hall–Kier alpha value is -2.86. The molecule has 0 aliphatic heterocycles. The molecule has 0 heterocycles. The molecule has 0 aliphatic carbocycles. The smallest absolute Gasteiger partial charge is 0.338 e. The van der Waals surface area contributed by atoms with E-state index in [0.29, 0.717) is 6.61 Å². The molecule has 2 rings (SSSR count). The van der Waals surface area contributed by atoms with Crippen molar-refractivity contribution in [3.63, 3.8) is 0 Å². The average molecular weight is 414 g/mol. The molecule has 6 nitrogen and oxygen atoms in total. The van der Waals surface area contributed by atoms with Crippen molar-refractivity contribution in [3.05, 3.63) is 59.2 Å². The third-order valence-electron chi connectivity index (χ3n) is 4.88. The molecule has 0 amide bonds. The molecule has 0 fully saturated rings. The van der Waals surface area contributed by atoms with Crippen LogP contribution in [-0.2, 0) is 9.47 Å². The number of anilines is 1. The summed E-state index contributed by atoms with van der Waals surface area (Å²) in [4.78, 5) is 27.9. The Kier molecular flexibility index (Phi) is 8.00. The number of benzene rings is 2. The summed E-state index contributed by atoms with van der Waals surface area (Å²) in [7, 11) is 1.59. The fraction of sp³-hybridized carbons (Fsp3) is 0.417. The average Bonchev–Trinajstić information content (AvgIpc) is 2.72. The fourth-order valence-electron chi connectivity index (χ4n) is 3.27. The van der Waals surface area contributed by atoms with E-state index in [1.807, 2.05) is 27.7 Å². The normalized spacial score (nSPS) is 11.2. The van der Waals surface area contributed by atoms with Crippen LogP contribution >= 0.6 is 0 Å². The molecule has 0 saturated carbocycles. The van der Waals surface area contributed by atoms with Crippen molar-refractivity contribution in [2.45, 2.75) is 27.7 Å². The molecule has 0 atom stereocenters. The Morgan fingerprint density at radius 3 is 2.17 bits per heavy atom. The molecule has 2 aromatic rings. The topological polar surface area (TPSA) is 76.1 Å². The highest BCUT2D eigenvalue weighted by Crippen LogP contribution is 2.28. The van der Waals surface area contributed by atoms with Crippen molar-refractivity contribution in [1.82, 2.24) is 0 Å². The van der Waals surface area contributed by atoms with E-state index < -0.39 is 11.8 Å². The summed E-state index contributed by atoms with van der Waals surface area (Å²) in [6.45, 7) is 10.1. The Labute approximate surface area is 178 Å². The van der Waals surface area contributed by atoms with Crippen LogP contribution in [0.4, 0.5) is 5.69 Å². The van der Waals surface area contributed by atoms with Gasteiger partial charge < -0.3 is 19.5 Å². The van der Waals surface area contributed by atoms with Crippen molar-refractivity contribution in [2.24, 2.45) is 5.41 Å². The van der Waals surface area contributed by atoms with Crippen molar-refractivity contribution in [3.8, 4) is 5.75 Å². The molecule has 6 heteroatoms. The van der Waals surface area contributed by atoms with Gasteiger partial charge in [-0.3, -0.25) is 4.79 Å². The number of esters is 1. The lowest BCUT2D eigenvalue weighted by atomic mass is 9.95. The first-order valence-corrected chi connectivity index (χ1v) is 10.1. The second-order valence-corrected chi connectivity index (χ2v) is 7.92. The molecule has 0 unspecified atom stereocenters. The fourth-order valence-corrected chi connectivity index (χ4v) is 3.27. The van der Waals surface area contributed by atoms with Gasteiger partial charge in [0.2, 0.25) is 0 Å². The summed E-state index contributed by atoms with van der Waals surface area (Å²) in [6, 6.07) is 11.5. The van der Waals surface area contributed by atoms with Crippen molar-refractivity contribution in [2.75, 3.05) is 38.3 Å². The highest BCUT2D eigenvalue weighted by Gasteiger charge is 2.25. The second kappa shape index (κ2) is 10.3. The van der Waals surface area contributed by atoms with E-state index in [-0.39, 0.29) is 34.5 Å². The Bertz CT molecular complexity index is 887. The Balaban J connectivity index is 2.28. The van der Waals surface area contributed by atoms with Crippen molar-refractivity contribution in [1.29, 1.82) is 0 Å². The van der Waals surface area contributed by atoms with Gasteiger partial charge in [-0.1, -0.05) is 32.0 Å². The maximum absolute atomic E-state index is 13.1. The highest BCUT2D eigenvalue weighted by atomic mass is 16.5. The van der Waals surface area contributed by atoms with Gasteiger partial charge in [-0.15, -0.1) is 0 Å². The zero-order valence-corrected chi connectivity index (χ0v) is 18.4. The standard InChI is InChI=1S/C24H31NO5/c1-6-25(7-2)17-12-13-20(21(26)14-17)22(27)18-10-8-9-11-19(18)23(28)30-16-24(3,4)15-29-5/h8-14,26H,6-7,15-16H2,1-5H3. The van der Waals surface area contributed by atoms with Gasteiger partial charge in [-0.25, -0.2) is 4.79 Å². The van der Waals surface area contributed by atoms with Crippen LogP contribution in [0.1, 0.15) is 54.0 Å². The molecule has 2 aromatic carbocycles. The predicted octanol–water partition coefficient (Wildman–Crippen LogP) is 4.30. The van der Waals surface area contributed by atoms with E-state index in [4.69, 9.17) is 9.47 Å². The van der Waals surface area contributed by atoms with Gasteiger partial charge in [0.05, 0.1) is 24.3 Å². The number of ether oxygens (including phenoxy) is 2. The van der Waals surface area contributed by atoms with Crippen LogP contribution in [0.15, 0.2) is 42.5 Å². The third kappa shape index (κ3) is 5.60. The first kappa shape index (κ1) is 23.4. The first-order chi connectivity index (χ1) is 14.2. The third-order valence-corrected chi connectivity index (χ3v) is 4.88. The molecule has 0 aliphatic rings. The predicted molar refractivity (Wildman–Crippen MR) is 117 cm³/mol. The molecule has 0 aromatic heterocycles. The van der Waals surface area contributed by atoms with E-state index in [9.17, 15) is 14.7 Å². The summed E-state index contributed by atoms with van der Waals surface area (Å²) < 4.78 is 10.6. The van der Waals surface area contributed by atoms with E-state index in [0.717, 1.165) is 18.8 Å². The van der Waals surface area contributed by atoms with Gasteiger partial charge in [0.1, 0.15) is 5.75 Å². The van der Waals surface area contributed by atoms with Crippen LogP contribution in [0.25, 0.3) is 0 Å². The van der Waals surface area contributed by atoms with Gasteiger partial charge >= 0.3 is 5.97 Å². The quantitative estimate of drug-likeness (QED) is 0.462. The number of rotatable bonds is 10. The SMILES string of the molecule is CCN(CC)c1ccc(C(=O)c2ccccc2C(=O)OCC(C)(C)COC)c(O)c1. The zero-order chi connectivity index (χ0) is 22.3. The van der Waals surface area contributed by atoms with Crippen LogP contribution < -0.4 is 4.90 Å². The first-order valence-electron chi connectivity index (χ1n) is 10.1. The molecule has 30 heavy (non-hydrogen) atoms. The molecule has 0 radical (unpaired) electrons. The molecule has 0 spiro atoms.